The van der Waals surface area contributed by atoms with Crippen LogP contribution in [0.25, 0.3) is 0 Å². The fourth-order valence-corrected chi connectivity index (χ4v) is 2.21. The maximum Gasteiger partial charge on any atom is 0.148 e. The maximum atomic E-state index is 9.03. The molecular formula is C12H22N4O. The molecule has 0 aliphatic heterocycles. The predicted octanol–water partition coefficient (Wildman–Crippen LogP) is 1.37. The molecule has 0 radical (unpaired) electrons. The third-order valence-electron chi connectivity index (χ3n) is 3.70. The minimum Gasteiger partial charge on any atom is -0.396 e. The molecule has 0 atom stereocenters. The van der Waals surface area contributed by atoms with Gasteiger partial charge in [0.15, 0.2) is 0 Å². The number of rotatable bonds is 6. The smallest absolute Gasteiger partial charge is 0.148 e. The molecule has 96 valence electrons. The summed E-state index contributed by atoms with van der Waals surface area (Å²) in [5.41, 5.74) is 7.92. The summed E-state index contributed by atoms with van der Waals surface area (Å²) < 4.78 is 1.90. The van der Waals surface area contributed by atoms with Crippen molar-refractivity contribution in [2.45, 2.75) is 39.7 Å². The minimum atomic E-state index is 0.267. The first kappa shape index (κ1) is 12.2. The summed E-state index contributed by atoms with van der Waals surface area (Å²) in [6.07, 6.45) is 3.26. The first-order valence-corrected chi connectivity index (χ1v) is 6.29. The molecule has 1 aromatic heterocycles. The third-order valence-corrected chi connectivity index (χ3v) is 3.70. The Morgan fingerprint density at radius 3 is 2.76 bits per heavy atom. The van der Waals surface area contributed by atoms with E-state index >= 15 is 0 Å². The van der Waals surface area contributed by atoms with Gasteiger partial charge in [0.25, 0.3) is 0 Å². The Morgan fingerprint density at radius 2 is 2.24 bits per heavy atom. The average Bonchev–Trinajstić information content (AvgIpc) is 3.01. The molecule has 17 heavy (non-hydrogen) atoms. The van der Waals surface area contributed by atoms with Crippen LogP contribution in [0.15, 0.2) is 0 Å². The monoisotopic (exact) mass is 238 g/mol. The van der Waals surface area contributed by atoms with Gasteiger partial charge in [-0.15, -0.1) is 0 Å². The van der Waals surface area contributed by atoms with Gasteiger partial charge in [0.1, 0.15) is 5.82 Å². The molecule has 0 amide bonds. The van der Waals surface area contributed by atoms with Gasteiger partial charge in [0, 0.05) is 19.7 Å². The summed E-state index contributed by atoms with van der Waals surface area (Å²) in [6.45, 7) is 5.93. The number of aromatic nitrogens is 2. The standard InChI is InChI=1S/C12H22N4O/c1-3-16-11(10(13)9(2)15-16)14-8-12(4-5-12)6-7-17/h14,17H,3-8,13H2,1-2H3. The Morgan fingerprint density at radius 1 is 1.53 bits per heavy atom. The molecule has 1 aromatic rings. The Hall–Kier alpha value is -1.23. The Balaban J connectivity index is 2.03. The molecule has 0 bridgehead atoms. The molecule has 1 fully saturated rings. The van der Waals surface area contributed by atoms with E-state index in [1.807, 2.05) is 11.6 Å². The lowest BCUT2D eigenvalue weighted by Gasteiger charge is -2.16. The first-order valence-electron chi connectivity index (χ1n) is 6.29. The summed E-state index contributed by atoms with van der Waals surface area (Å²) >= 11 is 0. The number of nitrogens with one attached hydrogen (secondary N) is 1. The molecule has 5 heteroatoms. The van der Waals surface area contributed by atoms with E-state index in [9.17, 15) is 0 Å². The van der Waals surface area contributed by atoms with Crippen LogP contribution in [0.1, 0.15) is 31.9 Å². The molecule has 5 nitrogen and oxygen atoms in total. The van der Waals surface area contributed by atoms with Crippen molar-refractivity contribution in [2.24, 2.45) is 5.41 Å². The van der Waals surface area contributed by atoms with Crippen molar-refractivity contribution in [2.75, 3.05) is 24.2 Å². The normalized spacial score (nSPS) is 17.1. The summed E-state index contributed by atoms with van der Waals surface area (Å²) in [6, 6.07) is 0. The van der Waals surface area contributed by atoms with Crippen LogP contribution >= 0.6 is 0 Å². The van der Waals surface area contributed by atoms with Gasteiger partial charge in [-0.25, -0.2) is 4.68 Å². The van der Waals surface area contributed by atoms with E-state index in [1.165, 1.54) is 12.8 Å². The summed E-state index contributed by atoms with van der Waals surface area (Å²) in [7, 11) is 0. The molecule has 0 saturated heterocycles. The highest BCUT2D eigenvalue weighted by atomic mass is 16.3. The van der Waals surface area contributed by atoms with E-state index in [1.54, 1.807) is 0 Å². The van der Waals surface area contributed by atoms with E-state index in [-0.39, 0.29) is 12.0 Å². The fraction of sp³-hybridized carbons (Fsp3) is 0.750. The van der Waals surface area contributed by atoms with Gasteiger partial charge >= 0.3 is 0 Å². The SMILES string of the molecule is CCn1nc(C)c(N)c1NCC1(CCO)CC1. The van der Waals surface area contributed by atoms with Gasteiger partial charge in [0.05, 0.1) is 11.4 Å². The molecule has 1 aliphatic carbocycles. The summed E-state index contributed by atoms with van der Waals surface area (Å²) in [4.78, 5) is 0. The lowest BCUT2D eigenvalue weighted by Crippen LogP contribution is -2.19. The van der Waals surface area contributed by atoms with E-state index in [4.69, 9.17) is 10.8 Å². The number of nitrogens with zero attached hydrogens (tertiary/aromatic N) is 2. The number of nitrogens with two attached hydrogens (primary N) is 1. The second-order valence-electron chi connectivity index (χ2n) is 4.99. The Bertz CT molecular complexity index is 395. The molecule has 1 heterocycles. The third kappa shape index (κ3) is 2.39. The number of hydrogen-bond donors (Lipinski definition) is 3. The van der Waals surface area contributed by atoms with Crippen LogP contribution in [0.4, 0.5) is 11.5 Å². The maximum absolute atomic E-state index is 9.03. The van der Waals surface area contributed by atoms with E-state index < -0.39 is 0 Å². The van der Waals surface area contributed by atoms with Crippen LogP contribution in [-0.4, -0.2) is 28.0 Å². The van der Waals surface area contributed by atoms with Crippen LogP contribution < -0.4 is 11.1 Å². The van der Waals surface area contributed by atoms with Crippen molar-refractivity contribution in [1.82, 2.24) is 9.78 Å². The lowest BCUT2D eigenvalue weighted by molar-refractivity contribution is 0.253. The van der Waals surface area contributed by atoms with Crippen molar-refractivity contribution in [3.63, 3.8) is 0 Å². The molecule has 1 aliphatic rings. The van der Waals surface area contributed by atoms with Crippen molar-refractivity contribution >= 4 is 11.5 Å². The second-order valence-corrected chi connectivity index (χ2v) is 4.99. The van der Waals surface area contributed by atoms with Crippen molar-refractivity contribution in [3.05, 3.63) is 5.69 Å². The molecule has 2 rings (SSSR count). The van der Waals surface area contributed by atoms with Crippen molar-refractivity contribution in [1.29, 1.82) is 0 Å². The molecule has 0 aromatic carbocycles. The van der Waals surface area contributed by atoms with Gasteiger partial charge < -0.3 is 16.2 Å². The number of aliphatic hydroxyl groups excluding tert-OH is 1. The highest BCUT2D eigenvalue weighted by Gasteiger charge is 2.41. The topological polar surface area (TPSA) is 76.1 Å². The van der Waals surface area contributed by atoms with Crippen LogP contribution in [0.2, 0.25) is 0 Å². The second kappa shape index (κ2) is 4.56. The molecule has 0 spiro atoms. The van der Waals surface area contributed by atoms with E-state index in [0.717, 1.165) is 36.7 Å². The largest absolute Gasteiger partial charge is 0.396 e. The average molecular weight is 238 g/mol. The van der Waals surface area contributed by atoms with Gasteiger partial charge in [-0.2, -0.15) is 5.10 Å². The zero-order valence-electron chi connectivity index (χ0n) is 10.7. The van der Waals surface area contributed by atoms with Gasteiger partial charge in [-0.1, -0.05) is 0 Å². The first-order chi connectivity index (χ1) is 8.12. The molecular weight excluding hydrogens is 216 g/mol. The summed E-state index contributed by atoms with van der Waals surface area (Å²) in [5, 5.41) is 16.8. The van der Waals surface area contributed by atoms with Crippen LogP contribution in [0, 0.1) is 12.3 Å². The van der Waals surface area contributed by atoms with E-state index in [0.29, 0.717) is 0 Å². The number of anilines is 2. The number of aliphatic hydroxyl groups is 1. The van der Waals surface area contributed by atoms with E-state index in [2.05, 4.69) is 17.3 Å². The Labute approximate surface area is 102 Å². The van der Waals surface area contributed by atoms with Gasteiger partial charge in [-0.3, -0.25) is 0 Å². The minimum absolute atomic E-state index is 0.267. The van der Waals surface area contributed by atoms with Crippen molar-refractivity contribution < 1.29 is 5.11 Å². The molecule has 4 N–H and O–H groups in total. The number of hydrogen-bond acceptors (Lipinski definition) is 4. The zero-order valence-corrected chi connectivity index (χ0v) is 10.7. The lowest BCUT2D eigenvalue weighted by atomic mass is 10.0. The van der Waals surface area contributed by atoms with Gasteiger partial charge in [-0.05, 0) is 38.5 Å². The van der Waals surface area contributed by atoms with Gasteiger partial charge in [0.2, 0.25) is 0 Å². The van der Waals surface area contributed by atoms with Crippen LogP contribution in [-0.2, 0) is 6.54 Å². The number of nitrogen functional groups attached to an aromatic ring is 1. The molecule has 1 saturated carbocycles. The predicted molar refractivity (Wildman–Crippen MR) is 68.9 cm³/mol. The van der Waals surface area contributed by atoms with Crippen molar-refractivity contribution in [3.8, 4) is 0 Å². The quantitative estimate of drug-likeness (QED) is 0.699. The van der Waals surface area contributed by atoms with Crippen LogP contribution in [0.5, 0.6) is 0 Å². The molecule has 0 unspecified atom stereocenters. The van der Waals surface area contributed by atoms with Crippen LogP contribution in [0.3, 0.4) is 0 Å². The number of aryl methyl sites for hydroxylation is 2. The highest BCUT2D eigenvalue weighted by molar-refractivity contribution is 5.64. The fourth-order valence-electron chi connectivity index (χ4n) is 2.21. The summed E-state index contributed by atoms with van der Waals surface area (Å²) in [5.74, 6) is 0.925. The Kier molecular flexibility index (Phi) is 3.28. The zero-order chi connectivity index (χ0) is 12.5. The highest BCUT2D eigenvalue weighted by Crippen LogP contribution is 2.48.